The quantitative estimate of drug-likeness (QED) is 0.0202. The summed E-state index contributed by atoms with van der Waals surface area (Å²) in [5, 5.41) is 0. The van der Waals surface area contributed by atoms with Gasteiger partial charge in [-0.25, -0.2) is 0 Å². The minimum atomic E-state index is -4.63. The molecule has 0 rings (SSSR count). The molecule has 0 heterocycles. The molecule has 0 aromatic carbocycles. The number of hydrogen-bond acceptors (Lipinski definition) is 8. The first-order valence-corrected chi connectivity index (χ1v) is 22.3. The third-order valence-corrected chi connectivity index (χ3v) is 9.57. The highest BCUT2D eigenvalue weighted by molar-refractivity contribution is 7.45. The van der Waals surface area contributed by atoms with Crippen LogP contribution in [0.1, 0.15) is 162 Å². The van der Waals surface area contributed by atoms with E-state index in [2.05, 4.69) is 62.5 Å². The minimum absolute atomic E-state index is 0.0368. The molecular weight excluding hydrogens is 689 g/mol. The topological polar surface area (TPSA) is 111 Å². The van der Waals surface area contributed by atoms with Gasteiger partial charge in [-0.05, 0) is 57.8 Å². The number of ether oxygens (including phenoxy) is 2. The summed E-state index contributed by atoms with van der Waals surface area (Å²) in [6.45, 7) is 4.13. The summed E-state index contributed by atoms with van der Waals surface area (Å²) in [6, 6.07) is 0. The van der Waals surface area contributed by atoms with Gasteiger partial charge < -0.3 is 27.9 Å². The van der Waals surface area contributed by atoms with Gasteiger partial charge in [-0.3, -0.25) is 14.2 Å². The van der Waals surface area contributed by atoms with Gasteiger partial charge in [0.25, 0.3) is 7.82 Å². The molecule has 0 bridgehead atoms. The van der Waals surface area contributed by atoms with Crippen LogP contribution in [0.3, 0.4) is 0 Å². The predicted molar refractivity (Wildman–Crippen MR) is 217 cm³/mol. The number of carbonyl (C=O) groups is 2. The van der Waals surface area contributed by atoms with Crippen LogP contribution in [-0.4, -0.2) is 70.0 Å². The summed E-state index contributed by atoms with van der Waals surface area (Å²) in [7, 11) is 1.14. The van der Waals surface area contributed by atoms with E-state index in [0.717, 1.165) is 57.8 Å². The fraction of sp³-hybridized carbons (Fsp3) is 0.767. The number of hydrogen-bond donors (Lipinski definition) is 0. The van der Waals surface area contributed by atoms with Gasteiger partial charge in [0.2, 0.25) is 0 Å². The van der Waals surface area contributed by atoms with Crippen LogP contribution in [-0.2, 0) is 32.7 Å². The van der Waals surface area contributed by atoms with Crippen molar-refractivity contribution in [2.75, 3.05) is 47.5 Å². The number of quaternary nitrogens is 1. The Labute approximate surface area is 324 Å². The predicted octanol–water partition coefficient (Wildman–Crippen LogP) is 10.9. The Morgan fingerprint density at radius 1 is 0.585 bits per heavy atom. The standard InChI is InChI=1S/C43H78NO8P/c1-6-8-10-12-14-16-18-19-20-21-22-23-24-25-26-28-29-31-33-35-42(45)49-39-41(40-51-53(47,48)50-38-37-44(3,4)5)52-43(46)36-34-32-30-27-17-15-13-11-9-7-2/h14,16,19-20,22-23,25-26,41H,6-13,15,17-18,21,24,27-40H2,1-5H3/b16-14-,20-19-,23-22-,26-25-/t41-/m1/s1. The SMILES string of the molecule is CCCCC/C=C\C/C=C\C/C=C\C/C=C\CCCCCC(=O)OC[C@H](COP(=O)([O-])OCC[N+](C)(C)C)OC(=O)CCCCCCCCCCCC. The van der Waals surface area contributed by atoms with Crippen molar-refractivity contribution in [3.05, 3.63) is 48.6 Å². The van der Waals surface area contributed by atoms with Gasteiger partial charge in [0.1, 0.15) is 19.8 Å². The van der Waals surface area contributed by atoms with Crippen LogP contribution in [0, 0.1) is 0 Å². The van der Waals surface area contributed by atoms with Crippen LogP contribution in [0.2, 0.25) is 0 Å². The molecule has 308 valence electrons. The molecule has 2 atom stereocenters. The second-order valence-electron chi connectivity index (χ2n) is 15.0. The highest BCUT2D eigenvalue weighted by Gasteiger charge is 2.21. The van der Waals surface area contributed by atoms with Gasteiger partial charge in [0, 0.05) is 12.8 Å². The summed E-state index contributed by atoms with van der Waals surface area (Å²) in [5.41, 5.74) is 0. The second kappa shape index (κ2) is 35.7. The van der Waals surface area contributed by atoms with E-state index in [1.807, 2.05) is 21.1 Å². The zero-order chi connectivity index (χ0) is 39.3. The Hall–Kier alpha value is -2.03. The molecule has 10 heteroatoms. The van der Waals surface area contributed by atoms with E-state index in [9.17, 15) is 19.0 Å². The number of unbranched alkanes of at least 4 members (excludes halogenated alkanes) is 15. The Morgan fingerprint density at radius 2 is 1.02 bits per heavy atom. The summed E-state index contributed by atoms with van der Waals surface area (Å²) < 4.78 is 33.7. The van der Waals surface area contributed by atoms with E-state index >= 15 is 0 Å². The van der Waals surface area contributed by atoms with Gasteiger partial charge >= 0.3 is 11.9 Å². The molecule has 9 nitrogen and oxygen atoms in total. The lowest BCUT2D eigenvalue weighted by Crippen LogP contribution is -2.37. The Balaban J connectivity index is 4.41. The van der Waals surface area contributed by atoms with Crippen molar-refractivity contribution < 1.29 is 42.1 Å². The highest BCUT2D eigenvalue weighted by atomic mass is 31.2. The average Bonchev–Trinajstić information content (AvgIpc) is 3.10. The average molecular weight is 768 g/mol. The van der Waals surface area contributed by atoms with E-state index in [1.54, 1.807) is 0 Å². The van der Waals surface area contributed by atoms with Crippen LogP contribution in [0.5, 0.6) is 0 Å². The third kappa shape index (κ3) is 39.5. The number of phosphoric acid groups is 1. The Kier molecular flexibility index (Phi) is 34.3. The molecule has 0 saturated heterocycles. The normalized spacial score (nSPS) is 14.2. The molecule has 0 aromatic heterocycles. The van der Waals surface area contributed by atoms with Gasteiger partial charge in [0.15, 0.2) is 6.10 Å². The van der Waals surface area contributed by atoms with E-state index in [4.69, 9.17) is 18.5 Å². The van der Waals surface area contributed by atoms with E-state index in [-0.39, 0.29) is 26.1 Å². The molecule has 0 spiro atoms. The summed E-state index contributed by atoms with van der Waals surface area (Å²) in [5.74, 6) is -0.874. The maximum Gasteiger partial charge on any atom is 0.306 e. The lowest BCUT2D eigenvalue weighted by Gasteiger charge is -2.28. The zero-order valence-electron chi connectivity index (χ0n) is 34.4. The van der Waals surface area contributed by atoms with Crippen molar-refractivity contribution in [3.63, 3.8) is 0 Å². The van der Waals surface area contributed by atoms with E-state index in [1.165, 1.54) is 64.2 Å². The number of esters is 2. The van der Waals surface area contributed by atoms with Crippen LogP contribution in [0.4, 0.5) is 0 Å². The van der Waals surface area contributed by atoms with Crippen molar-refractivity contribution in [1.29, 1.82) is 0 Å². The van der Waals surface area contributed by atoms with Gasteiger partial charge in [-0.15, -0.1) is 0 Å². The van der Waals surface area contributed by atoms with E-state index < -0.39 is 32.5 Å². The monoisotopic (exact) mass is 768 g/mol. The number of carbonyl (C=O) groups excluding carboxylic acids is 2. The molecule has 0 aliphatic rings. The molecule has 0 radical (unpaired) electrons. The van der Waals surface area contributed by atoms with Crippen LogP contribution in [0.15, 0.2) is 48.6 Å². The van der Waals surface area contributed by atoms with Crippen LogP contribution in [0.25, 0.3) is 0 Å². The van der Waals surface area contributed by atoms with Gasteiger partial charge in [-0.1, -0.05) is 140 Å². The third-order valence-electron chi connectivity index (χ3n) is 8.60. The lowest BCUT2D eigenvalue weighted by molar-refractivity contribution is -0.870. The van der Waals surface area contributed by atoms with Gasteiger partial charge in [-0.2, -0.15) is 0 Å². The van der Waals surface area contributed by atoms with E-state index in [0.29, 0.717) is 23.9 Å². The second-order valence-corrected chi connectivity index (χ2v) is 16.4. The van der Waals surface area contributed by atoms with Crippen molar-refractivity contribution in [2.45, 2.75) is 168 Å². The summed E-state index contributed by atoms with van der Waals surface area (Å²) in [6.07, 6.45) is 40.0. The lowest BCUT2D eigenvalue weighted by atomic mass is 10.1. The first-order chi connectivity index (χ1) is 25.5. The number of allylic oxidation sites excluding steroid dienone is 8. The zero-order valence-corrected chi connectivity index (χ0v) is 35.3. The van der Waals surface area contributed by atoms with Crippen LogP contribution >= 0.6 is 7.82 Å². The fourth-order valence-electron chi connectivity index (χ4n) is 5.28. The smallest absolute Gasteiger partial charge is 0.306 e. The van der Waals surface area contributed by atoms with Crippen LogP contribution < -0.4 is 4.89 Å². The molecule has 0 N–H and O–H groups in total. The molecule has 0 aromatic rings. The summed E-state index contributed by atoms with van der Waals surface area (Å²) in [4.78, 5) is 37.4. The van der Waals surface area contributed by atoms with Crippen molar-refractivity contribution in [1.82, 2.24) is 0 Å². The van der Waals surface area contributed by atoms with Crippen molar-refractivity contribution in [2.24, 2.45) is 0 Å². The highest BCUT2D eigenvalue weighted by Crippen LogP contribution is 2.38. The van der Waals surface area contributed by atoms with Gasteiger partial charge in [0.05, 0.1) is 27.7 Å². The largest absolute Gasteiger partial charge is 0.756 e. The summed E-state index contributed by atoms with van der Waals surface area (Å²) >= 11 is 0. The maximum atomic E-state index is 12.6. The van der Waals surface area contributed by atoms with Crippen molar-refractivity contribution >= 4 is 19.8 Å². The number of nitrogens with zero attached hydrogens (tertiary/aromatic N) is 1. The molecular formula is C43H78NO8P. The fourth-order valence-corrected chi connectivity index (χ4v) is 6.01. The van der Waals surface area contributed by atoms with Crippen molar-refractivity contribution in [3.8, 4) is 0 Å². The molecule has 0 aliphatic carbocycles. The molecule has 0 aliphatic heterocycles. The molecule has 0 fully saturated rings. The molecule has 0 amide bonds. The molecule has 1 unspecified atom stereocenters. The number of rotatable bonds is 37. The first-order valence-electron chi connectivity index (χ1n) is 20.8. The minimum Gasteiger partial charge on any atom is -0.756 e. The number of phosphoric ester groups is 1. The number of likely N-dealkylation sites (N-methyl/N-ethyl adjacent to an activating group) is 1. The molecule has 0 saturated carbocycles. The maximum absolute atomic E-state index is 12.6. The Bertz CT molecular complexity index is 1050. The Morgan fingerprint density at radius 3 is 1.55 bits per heavy atom. The first kappa shape index (κ1) is 51.0. The molecule has 53 heavy (non-hydrogen) atoms.